The number of hydrogen-bond acceptors (Lipinski definition) is 0. The van der Waals surface area contributed by atoms with Gasteiger partial charge in [0, 0.05) is 0 Å². The van der Waals surface area contributed by atoms with Gasteiger partial charge in [-0.15, -0.1) is 0 Å². The summed E-state index contributed by atoms with van der Waals surface area (Å²) in [6.07, 6.45) is 0. The van der Waals surface area contributed by atoms with Crippen molar-refractivity contribution in [2.24, 2.45) is 0 Å². The molecule has 0 saturated heterocycles. The highest BCUT2D eigenvalue weighted by Crippen LogP contribution is 2.37. The van der Waals surface area contributed by atoms with Crippen molar-refractivity contribution in [3.8, 4) is 22.3 Å². The summed E-state index contributed by atoms with van der Waals surface area (Å²) in [5.41, 5.74) is 5.08. The molecule has 0 aliphatic rings. The lowest BCUT2D eigenvalue weighted by Crippen LogP contribution is -1.86. The van der Waals surface area contributed by atoms with Crippen LogP contribution in [0.15, 0.2) is 109 Å². The van der Waals surface area contributed by atoms with Crippen LogP contribution < -0.4 is 0 Å². The SMILES string of the molecule is c1ccc(-c2cccc(-c3c4ccccc4cc4ccccc34)c2)cc1. The molecule has 0 aliphatic carbocycles. The van der Waals surface area contributed by atoms with Gasteiger partial charge in [0.25, 0.3) is 0 Å². The summed E-state index contributed by atoms with van der Waals surface area (Å²) in [6, 6.07) is 39.1. The first-order chi connectivity index (χ1) is 12.9. The highest BCUT2D eigenvalue weighted by molar-refractivity contribution is 6.12. The first-order valence-electron chi connectivity index (χ1n) is 8.96. The van der Waals surface area contributed by atoms with Crippen LogP contribution in [0.5, 0.6) is 0 Å². The van der Waals surface area contributed by atoms with Gasteiger partial charge in [-0.25, -0.2) is 0 Å². The lowest BCUT2D eigenvalue weighted by molar-refractivity contribution is 1.61. The summed E-state index contributed by atoms with van der Waals surface area (Å²) >= 11 is 0. The molecule has 0 aliphatic heterocycles. The molecule has 0 N–H and O–H groups in total. The van der Waals surface area contributed by atoms with Crippen LogP contribution in [0.25, 0.3) is 43.8 Å². The summed E-state index contributed by atoms with van der Waals surface area (Å²) in [5.74, 6) is 0. The standard InChI is InChI=1S/C26H18/c1-2-9-19(10-3-1)20-13-8-14-23(17-20)26-24-15-6-4-11-21(24)18-22-12-5-7-16-25(22)26/h1-18H. The Morgan fingerprint density at radius 1 is 0.346 bits per heavy atom. The van der Waals surface area contributed by atoms with Gasteiger partial charge in [0.05, 0.1) is 0 Å². The number of fused-ring (bicyclic) bond motifs is 2. The van der Waals surface area contributed by atoms with Crippen molar-refractivity contribution >= 4 is 21.5 Å². The Bertz CT molecular complexity index is 1160. The average molecular weight is 330 g/mol. The summed E-state index contributed by atoms with van der Waals surface area (Å²) < 4.78 is 0. The molecule has 5 aromatic carbocycles. The van der Waals surface area contributed by atoms with E-state index in [4.69, 9.17) is 0 Å². The number of rotatable bonds is 2. The minimum atomic E-state index is 1.25. The lowest BCUT2D eigenvalue weighted by atomic mass is 9.90. The average Bonchev–Trinajstić information content (AvgIpc) is 2.72. The monoisotopic (exact) mass is 330 g/mol. The zero-order valence-corrected chi connectivity index (χ0v) is 14.4. The molecular weight excluding hydrogens is 312 g/mol. The molecule has 0 nitrogen and oxygen atoms in total. The van der Waals surface area contributed by atoms with E-state index in [1.807, 2.05) is 0 Å². The van der Waals surface area contributed by atoms with E-state index in [1.54, 1.807) is 0 Å². The van der Waals surface area contributed by atoms with E-state index in [0.29, 0.717) is 0 Å². The van der Waals surface area contributed by atoms with E-state index in [2.05, 4.69) is 109 Å². The molecule has 0 unspecified atom stereocenters. The summed E-state index contributed by atoms with van der Waals surface area (Å²) in [7, 11) is 0. The molecule has 0 aromatic heterocycles. The van der Waals surface area contributed by atoms with Gasteiger partial charge in [0.15, 0.2) is 0 Å². The molecule has 5 aromatic rings. The fourth-order valence-corrected chi connectivity index (χ4v) is 3.81. The molecule has 0 amide bonds. The largest absolute Gasteiger partial charge is 0.0622 e. The van der Waals surface area contributed by atoms with Crippen molar-refractivity contribution < 1.29 is 0 Å². The van der Waals surface area contributed by atoms with Crippen molar-refractivity contribution in [1.82, 2.24) is 0 Å². The van der Waals surface area contributed by atoms with Gasteiger partial charge in [-0.2, -0.15) is 0 Å². The van der Waals surface area contributed by atoms with Crippen LogP contribution in [0, 0.1) is 0 Å². The van der Waals surface area contributed by atoms with E-state index in [9.17, 15) is 0 Å². The van der Waals surface area contributed by atoms with Crippen molar-refractivity contribution in [2.45, 2.75) is 0 Å². The van der Waals surface area contributed by atoms with Gasteiger partial charge in [-0.05, 0) is 55.9 Å². The van der Waals surface area contributed by atoms with Crippen molar-refractivity contribution in [2.75, 3.05) is 0 Å². The molecule has 0 saturated carbocycles. The van der Waals surface area contributed by atoms with Crippen molar-refractivity contribution in [1.29, 1.82) is 0 Å². The Labute approximate surface area is 153 Å². The van der Waals surface area contributed by atoms with Crippen LogP contribution in [0.2, 0.25) is 0 Å². The van der Waals surface area contributed by atoms with Crippen LogP contribution >= 0.6 is 0 Å². The predicted molar refractivity (Wildman–Crippen MR) is 112 cm³/mol. The molecule has 0 atom stereocenters. The minimum Gasteiger partial charge on any atom is -0.0622 e. The van der Waals surface area contributed by atoms with Crippen molar-refractivity contribution in [3.05, 3.63) is 109 Å². The molecule has 0 heterocycles. The van der Waals surface area contributed by atoms with Gasteiger partial charge in [-0.1, -0.05) is 97.1 Å². The highest BCUT2D eigenvalue weighted by Gasteiger charge is 2.10. The Kier molecular flexibility index (Phi) is 3.54. The molecule has 5 rings (SSSR count). The molecule has 0 fully saturated rings. The summed E-state index contributed by atoms with van der Waals surface area (Å²) in [6.45, 7) is 0. The topological polar surface area (TPSA) is 0 Å². The number of hydrogen-bond donors (Lipinski definition) is 0. The second kappa shape index (κ2) is 6.16. The van der Waals surface area contributed by atoms with Gasteiger partial charge < -0.3 is 0 Å². The smallest absolute Gasteiger partial charge is 0.00266 e. The summed E-state index contributed by atoms with van der Waals surface area (Å²) in [5, 5.41) is 5.17. The second-order valence-electron chi connectivity index (χ2n) is 6.64. The predicted octanol–water partition coefficient (Wildman–Crippen LogP) is 7.33. The fourth-order valence-electron chi connectivity index (χ4n) is 3.81. The molecule has 26 heavy (non-hydrogen) atoms. The molecular formula is C26H18. The minimum absolute atomic E-state index is 1.25. The van der Waals surface area contributed by atoms with E-state index < -0.39 is 0 Å². The van der Waals surface area contributed by atoms with E-state index in [-0.39, 0.29) is 0 Å². The number of benzene rings is 5. The maximum Gasteiger partial charge on any atom is -0.00266 e. The molecule has 0 heteroatoms. The van der Waals surface area contributed by atoms with Crippen molar-refractivity contribution in [3.63, 3.8) is 0 Å². The van der Waals surface area contributed by atoms with Crippen LogP contribution in [-0.2, 0) is 0 Å². The Hall–Kier alpha value is -3.38. The molecule has 0 spiro atoms. The molecule has 122 valence electrons. The Morgan fingerprint density at radius 3 is 1.58 bits per heavy atom. The van der Waals surface area contributed by atoms with E-state index in [0.717, 1.165) is 0 Å². The molecule has 0 bridgehead atoms. The maximum atomic E-state index is 2.31. The molecule has 0 radical (unpaired) electrons. The quantitative estimate of drug-likeness (QED) is 0.297. The van der Waals surface area contributed by atoms with E-state index >= 15 is 0 Å². The lowest BCUT2D eigenvalue weighted by Gasteiger charge is -2.13. The van der Waals surface area contributed by atoms with Crippen LogP contribution in [-0.4, -0.2) is 0 Å². The van der Waals surface area contributed by atoms with Gasteiger partial charge in [-0.3, -0.25) is 0 Å². The third-order valence-corrected chi connectivity index (χ3v) is 5.03. The van der Waals surface area contributed by atoms with Gasteiger partial charge in [0.1, 0.15) is 0 Å². The Balaban J connectivity index is 1.84. The third kappa shape index (κ3) is 2.48. The van der Waals surface area contributed by atoms with Gasteiger partial charge >= 0.3 is 0 Å². The van der Waals surface area contributed by atoms with E-state index in [1.165, 1.54) is 43.8 Å². The highest BCUT2D eigenvalue weighted by atomic mass is 14.1. The first kappa shape index (κ1) is 14.9. The van der Waals surface area contributed by atoms with Crippen LogP contribution in [0.4, 0.5) is 0 Å². The zero-order valence-electron chi connectivity index (χ0n) is 14.4. The zero-order chi connectivity index (χ0) is 17.3. The Morgan fingerprint density at radius 2 is 0.885 bits per heavy atom. The van der Waals surface area contributed by atoms with Gasteiger partial charge in [0.2, 0.25) is 0 Å². The van der Waals surface area contributed by atoms with Crippen LogP contribution in [0.1, 0.15) is 0 Å². The first-order valence-corrected chi connectivity index (χ1v) is 8.96. The third-order valence-electron chi connectivity index (χ3n) is 5.03. The summed E-state index contributed by atoms with van der Waals surface area (Å²) in [4.78, 5) is 0. The second-order valence-corrected chi connectivity index (χ2v) is 6.64. The maximum absolute atomic E-state index is 2.31. The fraction of sp³-hybridized carbons (Fsp3) is 0. The normalized spacial score (nSPS) is 11.1. The van der Waals surface area contributed by atoms with Crippen LogP contribution in [0.3, 0.4) is 0 Å².